The fourth-order valence-corrected chi connectivity index (χ4v) is 1.88. The zero-order valence-electron chi connectivity index (χ0n) is 8.73. The van der Waals surface area contributed by atoms with Gasteiger partial charge in [0.15, 0.2) is 0 Å². The van der Waals surface area contributed by atoms with Gasteiger partial charge >= 0.3 is 0 Å². The Hall–Kier alpha value is -1.51. The standard InChI is InChI=1S/C11H11N3S2/c1-16-11(9(7-12)10(13)15)14-8-5-3-2-4-6-8/h2-6,14H,1H3,(H2,13,15)/b11-9-. The lowest BCUT2D eigenvalue weighted by Gasteiger charge is -2.10. The van der Waals surface area contributed by atoms with Crippen molar-refractivity contribution >= 4 is 34.7 Å². The van der Waals surface area contributed by atoms with E-state index in [1.807, 2.05) is 42.7 Å². The molecule has 1 aromatic carbocycles. The van der Waals surface area contributed by atoms with E-state index in [1.54, 1.807) is 0 Å². The fraction of sp³-hybridized carbons (Fsp3) is 0.0909. The zero-order chi connectivity index (χ0) is 12.0. The number of nitrogens with one attached hydrogen (secondary N) is 1. The summed E-state index contributed by atoms with van der Waals surface area (Å²) >= 11 is 6.22. The average Bonchev–Trinajstić information content (AvgIpc) is 2.29. The third kappa shape index (κ3) is 3.26. The molecule has 16 heavy (non-hydrogen) atoms. The molecule has 3 N–H and O–H groups in total. The van der Waals surface area contributed by atoms with E-state index in [2.05, 4.69) is 5.32 Å². The summed E-state index contributed by atoms with van der Waals surface area (Å²) in [5, 5.41) is 12.7. The SMILES string of the molecule is CS/C(Nc1ccccc1)=C(/C#N)C(N)=S. The van der Waals surface area contributed by atoms with Gasteiger partial charge in [0.2, 0.25) is 0 Å². The van der Waals surface area contributed by atoms with Gasteiger partial charge in [-0.15, -0.1) is 11.8 Å². The number of hydrogen-bond acceptors (Lipinski definition) is 4. The predicted octanol–water partition coefficient (Wildman–Crippen LogP) is 2.48. The first-order valence-electron chi connectivity index (χ1n) is 4.49. The molecule has 0 spiro atoms. The van der Waals surface area contributed by atoms with Gasteiger partial charge in [0.1, 0.15) is 16.6 Å². The highest BCUT2D eigenvalue weighted by Gasteiger charge is 2.08. The van der Waals surface area contributed by atoms with Crippen molar-refractivity contribution in [2.45, 2.75) is 0 Å². The van der Waals surface area contributed by atoms with Gasteiger partial charge in [-0.3, -0.25) is 0 Å². The van der Waals surface area contributed by atoms with E-state index >= 15 is 0 Å². The van der Waals surface area contributed by atoms with Crippen LogP contribution < -0.4 is 11.1 Å². The van der Waals surface area contributed by atoms with Crippen molar-refractivity contribution in [3.8, 4) is 6.07 Å². The number of anilines is 1. The van der Waals surface area contributed by atoms with Gasteiger partial charge in [-0.05, 0) is 18.4 Å². The predicted molar refractivity (Wildman–Crippen MR) is 73.0 cm³/mol. The number of rotatable bonds is 4. The third-order valence-electron chi connectivity index (χ3n) is 1.82. The molecule has 82 valence electrons. The summed E-state index contributed by atoms with van der Waals surface area (Å²) in [4.78, 5) is 0.107. The maximum absolute atomic E-state index is 8.95. The van der Waals surface area contributed by atoms with Crippen LogP contribution in [-0.2, 0) is 0 Å². The molecule has 1 rings (SSSR count). The lowest BCUT2D eigenvalue weighted by molar-refractivity contribution is 1.47. The Labute approximate surface area is 104 Å². The molecule has 0 heterocycles. The molecule has 1 aromatic rings. The number of nitriles is 1. The number of thioether (sulfide) groups is 1. The summed E-state index contributed by atoms with van der Waals surface area (Å²) in [5.41, 5.74) is 6.69. The van der Waals surface area contributed by atoms with Gasteiger partial charge in [-0.25, -0.2) is 0 Å². The van der Waals surface area contributed by atoms with Crippen molar-refractivity contribution in [2.24, 2.45) is 5.73 Å². The van der Waals surface area contributed by atoms with Crippen molar-refractivity contribution in [1.29, 1.82) is 5.26 Å². The molecule has 0 aliphatic heterocycles. The number of benzene rings is 1. The monoisotopic (exact) mass is 249 g/mol. The molecule has 0 amide bonds. The molecule has 0 radical (unpaired) electrons. The second-order valence-corrected chi connectivity index (χ2v) is 4.13. The summed E-state index contributed by atoms with van der Waals surface area (Å²) in [6, 6.07) is 11.6. The van der Waals surface area contributed by atoms with Crippen molar-refractivity contribution in [3.05, 3.63) is 40.9 Å². The molecule has 0 atom stereocenters. The minimum atomic E-state index is 0.107. The second-order valence-electron chi connectivity index (χ2n) is 2.88. The van der Waals surface area contributed by atoms with Crippen LogP contribution in [0.2, 0.25) is 0 Å². The number of nitrogens with two attached hydrogens (primary N) is 1. The number of thiocarbonyl (C=S) groups is 1. The summed E-state index contributed by atoms with van der Waals surface area (Å²) < 4.78 is 0. The van der Waals surface area contributed by atoms with E-state index in [1.165, 1.54) is 11.8 Å². The van der Waals surface area contributed by atoms with Crippen LogP contribution in [0.3, 0.4) is 0 Å². The van der Waals surface area contributed by atoms with Gasteiger partial charge in [0.05, 0.1) is 5.03 Å². The minimum Gasteiger partial charge on any atom is -0.389 e. The number of para-hydroxylation sites is 1. The molecule has 0 unspecified atom stereocenters. The fourth-order valence-electron chi connectivity index (χ4n) is 1.09. The third-order valence-corrected chi connectivity index (χ3v) is 2.74. The number of hydrogen-bond donors (Lipinski definition) is 2. The van der Waals surface area contributed by atoms with Gasteiger partial charge in [0.25, 0.3) is 0 Å². The molecule has 0 aliphatic carbocycles. The first kappa shape index (κ1) is 12.6. The van der Waals surface area contributed by atoms with Crippen LogP contribution in [0.4, 0.5) is 5.69 Å². The quantitative estimate of drug-likeness (QED) is 0.487. The molecule has 3 nitrogen and oxygen atoms in total. The highest BCUT2D eigenvalue weighted by atomic mass is 32.2. The first-order chi connectivity index (χ1) is 7.69. The van der Waals surface area contributed by atoms with E-state index in [4.69, 9.17) is 23.2 Å². The summed E-state index contributed by atoms with van der Waals surface area (Å²) in [6.07, 6.45) is 1.86. The molecular formula is C11H11N3S2. The average molecular weight is 249 g/mol. The Morgan fingerprint density at radius 3 is 2.50 bits per heavy atom. The molecule has 0 fully saturated rings. The van der Waals surface area contributed by atoms with Crippen LogP contribution in [0, 0.1) is 11.3 Å². The summed E-state index contributed by atoms with van der Waals surface area (Å²) in [7, 11) is 0. The van der Waals surface area contributed by atoms with Crippen molar-refractivity contribution in [1.82, 2.24) is 0 Å². The summed E-state index contributed by atoms with van der Waals surface area (Å²) in [5.74, 6) is 0. The summed E-state index contributed by atoms with van der Waals surface area (Å²) in [6.45, 7) is 0. The van der Waals surface area contributed by atoms with E-state index < -0.39 is 0 Å². The molecule has 0 bridgehead atoms. The largest absolute Gasteiger partial charge is 0.389 e. The van der Waals surface area contributed by atoms with Crippen LogP contribution in [-0.4, -0.2) is 11.2 Å². The van der Waals surface area contributed by atoms with Crippen LogP contribution in [0.5, 0.6) is 0 Å². The van der Waals surface area contributed by atoms with Gasteiger partial charge in [-0.1, -0.05) is 30.4 Å². The second kappa shape index (κ2) is 6.16. The van der Waals surface area contributed by atoms with E-state index in [0.29, 0.717) is 10.6 Å². The highest BCUT2D eigenvalue weighted by molar-refractivity contribution is 8.02. The topological polar surface area (TPSA) is 61.8 Å². The molecular weight excluding hydrogens is 238 g/mol. The Kier molecular flexibility index (Phi) is 4.83. The molecule has 0 aliphatic rings. The first-order valence-corrected chi connectivity index (χ1v) is 6.12. The Bertz CT molecular complexity index is 446. The van der Waals surface area contributed by atoms with Crippen molar-refractivity contribution in [3.63, 3.8) is 0 Å². The smallest absolute Gasteiger partial charge is 0.117 e. The van der Waals surface area contributed by atoms with Crippen molar-refractivity contribution in [2.75, 3.05) is 11.6 Å². The van der Waals surface area contributed by atoms with Crippen LogP contribution in [0.1, 0.15) is 0 Å². The maximum atomic E-state index is 8.95. The van der Waals surface area contributed by atoms with Gasteiger partial charge < -0.3 is 11.1 Å². The zero-order valence-corrected chi connectivity index (χ0v) is 10.4. The van der Waals surface area contributed by atoms with Crippen LogP contribution >= 0.6 is 24.0 Å². The van der Waals surface area contributed by atoms with Crippen LogP contribution in [0.15, 0.2) is 40.9 Å². The van der Waals surface area contributed by atoms with Gasteiger partial charge in [-0.2, -0.15) is 5.26 Å². The minimum absolute atomic E-state index is 0.107. The van der Waals surface area contributed by atoms with E-state index in [-0.39, 0.29) is 4.99 Å². The highest BCUT2D eigenvalue weighted by Crippen LogP contribution is 2.20. The normalized spacial score (nSPS) is 11.2. The number of nitrogens with zero attached hydrogens (tertiary/aromatic N) is 1. The van der Waals surface area contributed by atoms with E-state index in [9.17, 15) is 0 Å². The van der Waals surface area contributed by atoms with Crippen molar-refractivity contribution < 1.29 is 0 Å². The van der Waals surface area contributed by atoms with E-state index in [0.717, 1.165) is 5.69 Å². The Morgan fingerprint density at radius 2 is 2.06 bits per heavy atom. The Balaban J connectivity index is 3.01. The Morgan fingerprint density at radius 1 is 1.44 bits per heavy atom. The lowest BCUT2D eigenvalue weighted by atomic mass is 10.3. The molecule has 5 heteroatoms. The van der Waals surface area contributed by atoms with Crippen LogP contribution in [0.25, 0.3) is 0 Å². The maximum Gasteiger partial charge on any atom is 0.117 e. The molecule has 0 saturated heterocycles. The molecule has 0 saturated carbocycles. The van der Waals surface area contributed by atoms with Gasteiger partial charge in [0, 0.05) is 5.69 Å². The lowest BCUT2D eigenvalue weighted by Crippen LogP contribution is -2.14. The molecule has 0 aromatic heterocycles.